The van der Waals surface area contributed by atoms with Gasteiger partial charge in [-0.1, -0.05) is 24.4 Å². The third-order valence-electron chi connectivity index (χ3n) is 3.35. The number of carbonyl (C=O) groups excluding carboxylic acids is 1. The first-order chi connectivity index (χ1) is 9.06. The molecule has 1 unspecified atom stereocenters. The molecule has 0 aliphatic heterocycles. The van der Waals surface area contributed by atoms with Crippen LogP contribution in [0, 0.1) is 0 Å². The molecule has 0 heterocycles. The molecule has 4 nitrogen and oxygen atoms in total. The Balaban J connectivity index is 1.92. The van der Waals surface area contributed by atoms with Crippen molar-refractivity contribution in [2.24, 2.45) is 0 Å². The highest BCUT2D eigenvalue weighted by Gasteiger charge is 2.22. The summed E-state index contributed by atoms with van der Waals surface area (Å²) in [6.45, 7) is 1.72. The van der Waals surface area contributed by atoms with Gasteiger partial charge in [-0.25, -0.2) is 0 Å². The van der Waals surface area contributed by atoms with E-state index in [-0.39, 0.29) is 5.91 Å². The van der Waals surface area contributed by atoms with Crippen LogP contribution >= 0.6 is 11.6 Å². The van der Waals surface area contributed by atoms with E-state index in [1.54, 1.807) is 25.1 Å². The monoisotopic (exact) mass is 282 g/mol. The molecule has 5 heteroatoms. The summed E-state index contributed by atoms with van der Waals surface area (Å²) in [5.41, 5.74) is 6.23. The van der Waals surface area contributed by atoms with E-state index in [2.05, 4.69) is 5.32 Å². The summed E-state index contributed by atoms with van der Waals surface area (Å²) in [4.78, 5) is 12.0. The highest BCUT2D eigenvalue weighted by molar-refractivity contribution is 6.30. The molecule has 1 aliphatic carbocycles. The normalized spacial score (nSPS) is 17.2. The number of amides is 1. The molecule has 0 saturated heterocycles. The van der Waals surface area contributed by atoms with E-state index < -0.39 is 6.10 Å². The van der Waals surface area contributed by atoms with Gasteiger partial charge in [0.05, 0.1) is 5.69 Å². The second-order valence-corrected chi connectivity index (χ2v) is 5.37. The number of rotatable bonds is 4. The maximum Gasteiger partial charge on any atom is 0.260 e. The predicted octanol–water partition coefficient (Wildman–Crippen LogP) is 2.75. The molecule has 1 aliphatic rings. The van der Waals surface area contributed by atoms with Gasteiger partial charge in [0.1, 0.15) is 5.75 Å². The lowest BCUT2D eigenvalue weighted by Gasteiger charge is -2.18. The molecule has 0 bridgehead atoms. The van der Waals surface area contributed by atoms with Crippen molar-refractivity contribution < 1.29 is 9.53 Å². The van der Waals surface area contributed by atoms with E-state index in [4.69, 9.17) is 22.1 Å². The zero-order valence-electron chi connectivity index (χ0n) is 11.0. The van der Waals surface area contributed by atoms with Gasteiger partial charge in [-0.3, -0.25) is 4.79 Å². The minimum absolute atomic E-state index is 0.0961. The smallest absolute Gasteiger partial charge is 0.260 e. The standard InChI is InChI=1S/C14H19ClN2O2/c1-9(14(18)17-11-4-2-3-5-11)19-13-7-6-10(15)8-12(13)16/h6-9,11H,2-5,16H2,1H3,(H,17,18). The van der Waals surface area contributed by atoms with Crippen molar-refractivity contribution in [3.05, 3.63) is 23.2 Å². The van der Waals surface area contributed by atoms with Crippen molar-refractivity contribution in [3.8, 4) is 5.75 Å². The molecule has 0 radical (unpaired) electrons. The van der Waals surface area contributed by atoms with E-state index in [9.17, 15) is 4.79 Å². The van der Waals surface area contributed by atoms with Gasteiger partial charge in [0.2, 0.25) is 0 Å². The molecule has 1 atom stereocenters. The zero-order chi connectivity index (χ0) is 13.8. The van der Waals surface area contributed by atoms with Gasteiger partial charge in [-0.05, 0) is 38.0 Å². The average molecular weight is 283 g/mol. The Kier molecular flexibility index (Phi) is 4.53. The quantitative estimate of drug-likeness (QED) is 0.835. The lowest BCUT2D eigenvalue weighted by Crippen LogP contribution is -2.41. The van der Waals surface area contributed by atoms with Crippen LogP contribution in [-0.4, -0.2) is 18.1 Å². The third-order valence-corrected chi connectivity index (χ3v) is 3.58. The van der Waals surface area contributed by atoms with Crippen molar-refractivity contribution in [3.63, 3.8) is 0 Å². The number of ether oxygens (including phenoxy) is 1. The highest BCUT2D eigenvalue weighted by atomic mass is 35.5. The molecular weight excluding hydrogens is 264 g/mol. The second kappa shape index (κ2) is 6.15. The van der Waals surface area contributed by atoms with Crippen molar-refractivity contribution in [2.75, 3.05) is 5.73 Å². The van der Waals surface area contributed by atoms with E-state index in [1.165, 1.54) is 12.8 Å². The molecule has 1 aromatic rings. The van der Waals surface area contributed by atoms with Crippen LogP contribution in [-0.2, 0) is 4.79 Å². The number of carbonyl (C=O) groups is 1. The van der Waals surface area contributed by atoms with Crippen LogP contribution in [0.5, 0.6) is 5.75 Å². The van der Waals surface area contributed by atoms with Crippen LogP contribution in [0.15, 0.2) is 18.2 Å². The van der Waals surface area contributed by atoms with Crippen molar-refractivity contribution in [1.82, 2.24) is 5.32 Å². The molecule has 0 aromatic heterocycles. The Hall–Kier alpha value is -1.42. The molecule has 3 N–H and O–H groups in total. The van der Waals surface area contributed by atoms with Gasteiger partial charge in [0, 0.05) is 11.1 Å². The Morgan fingerprint density at radius 3 is 2.79 bits per heavy atom. The first-order valence-corrected chi connectivity index (χ1v) is 6.96. The van der Waals surface area contributed by atoms with Crippen LogP contribution in [0.3, 0.4) is 0 Å². The van der Waals surface area contributed by atoms with Crippen molar-refractivity contribution in [1.29, 1.82) is 0 Å². The predicted molar refractivity (Wildman–Crippen MR) is 76.4 cm³/mol. The lowest BCUT2D eigenvalue weighted by molar-refractivity contribution is -0.127. The number of anilines is 1. The Labute approximate surface area is 118 Å². The lowest BCUT2D eigenvalue weighted by atomic mass is 10.2. The summed E-state index contributed by atoms with van der Waals surface area (Å²) < 4.78 is 5.58. The maximum absolute atomic E-state index is 12.0. The number of hydrogen-bond acceptors (Lipinski definition) is 3. The molecular formula is C14H19ClN2O2. The Morgan fingerprint density at radius 1 is 1.47 bits per heavy atom. The van der Waals surface area contributed by atoms with Crippen molar-refractivity contribution >= 4 is 23.2 Å². The molecule has 0 spiro atoms. The van der Waals surface area contributed by atoms with Crippen molar-refractivity contribution in [2.45, 2.75) is 44.8 Å². The first kappa shape index (κ1) is 14.0. The SMILES string of the molecule is CC(Oc1ccc(Cl)cc1N)C(=O)NC1CCCC1. The third kappa shape index (κ3) is 3.77. The van der Waals surface area contributed by atoms with Gasteiger partial charge in [0.15, 0.2) is 6.10 Å². The summed E-state index contributed by atoms with van der Waals surface area (Å²) >= 11 is 5.81. The number of nitrogens with two attached hydrogens (primary N) is 1. The summed E-state index contributed by atoms with van der Waals surface area (Å²) in [5.74, 6) is 0.389. The summed E-state index contributed by atoms with van der Waals surface area (Å²) in [7, 11) is 0. The molecule has 1 saturated carbocycles. The van der Waals surface area contributed by atoms with E-state index in [0.717, 1.165) is 12.8 Å². The van der Waals surface area contributed by atoms with Gasteiger partial charge in [0.25, 0.3) is 5.91 Å². The highest BCUT2D eigenvalue weighted by Crippen LogP contribution is 2.26. The van der Waals surface area contributed by atoms with Crippen LogP contribution in [0.25, 0.3) is 0 Å². The Bertz CT molecular complexity index is 459. The van der Waals surface area contributed by atoms with Gasteiger partial charge in [-0.2, -0.15) is 0 Å². The van der Waals surface area contributed by atoms with Gasteiger partial charge in [-0.15, -0.1) is 0 Å². The molecule has 2 rings (SSSR count). The maximum atomic E-state index is 12.0. The minimum atomic E-state index is -0.566. The van der Waals surface area contributed by atoms with E-state index >= 15 is 0 Å². The number of nitrogens with one attached hydrogen (secondary N) is 1. The van der Waals surface area contributed by atoms with Gasteiger partial charge >= 0.3 is 0 Å². The molecule has 19 heavy (non-hydrogen) atoms. The molecule has 1 aromatic carbocycles. The minimum Gasteiger partial charge on any atom is -0.479 e. The summed E-state index contributed by atoms with van der Waals surface area (Å²) in [6.07, 6.45) is 3.92. The molecule has 1 fully saturated rings. The number of benzene rings is 1. The largest absolute Gasteiger partial charge is 0.479 e. The van der Waals surface area contributed by atoms with Crippen LogP contribution in [0.1, 0.15) is 32.6 Å². The van der Waals surface area contributed by atoms with Gasteiger partial charge < -0.3 is 15.8 Å². The van der Waals surface area contributed by atoms with Crippen LogP contribution in [0.2, 0.25) is 5.02 Å². The fourth-order valence-electron chi connectivity index (χ4n) is 2.26. The second-order valence-electron chi connectivity index (χ2n) is 4.93. The zero-order valence-corrected chi connectivity index (χ0v) is 11.7. The number of halogens is 1. The summed E-state index contributed by atoms with van der Waals surface area (Å²) in [6, 6.07) is 5.27. The molecule has 1 amide bonds. The van der Waals surface area contributed by atoms with Crippen LogP contribution < -0.4 is 15.8 Å². The van der Waals surface area contributed by atoms with E-state index in [1.807, 2.05) is 0 Å². The topological polar surface area (TPSA) is 64.3 Å². The average Bonchev–Trinajstić information content (AvgIpc) is 2.85. The first-order valence-electron chi connectivity index (χ1n) is 6.58. The fourth-order valence-corrected chi connectivity index (χ4v) is 2.44. The summed E-state index contributed by atoms with van der Waals surface area (Å²) in [5, 5.41) is 3.55. The number of nitrogen functional groups attached to an aromatic ring is 1. The molecule has 104 valence electrons. The Morgan fingerprint density at radius 2 is 2.16 bits per heavy atom. The van der Waals surface area contributed by atoms with E-state index in [0.29, 0.717) is 22.5 Å². The number of hydrogen-bond donors (Lipinski definition) is 2. The van der Waals surface area contributed by atoms with Crippen LogP contribution in [0.4, 0.5) is 5.69 Å². The fraction of sp³-hybridized carbons (Fsp3) is 0.500.